The molecule has 8 heteroatoms. The van der Waals surface area contributed by atoms with Crippen molar-refractivity contribution >= 4 is 45.9 Å². The van der Waals surface area contributed by atoms with Gasteiger partial charge in [-0.2, -0.15) is 0 Å². The zero-order chi connectivity index (χ0) is 23.3. The zero-order valence-electron chi connectivity index (χ0n) is 16.4. The molecule has 0 unspecified atom stereocenters. The van der Waals surface area contributed by atoms with Crippen LogP contribution in [0.15, 0.2) is 72.8 Å². The van der Waals surface area contributed by atoms with Gasteiger partial charge in [0, 0.05) is 0 Å². The summed E-state index contributed by atoms with van der Waals surface area (Å²) in [6.07, 6.45) is 0. The van der Waals surface area contributed by atoms with E-state index >= 15 is 0 Å². The van der Waals surface area contributed by atoms with Gasteiger partial charge in [-0.25, -0.2) is 14.4 Å². The summed E-state index contributed by atoms with van der Waals surface area (Å²) < 4.78 is 4.69. The first kappa shape index (κ1) is 22.0. The summed E-state index contributed by atoms with van der Waals surface area (Å²) >= 11 is 0. The Morgan fingerprint density at radius 3 is 1.69 bits per heavy atom. The number of carboxylic acid groups (broad SMARTS) is 3. The molecule has 160 valence electrons. The van der Waals surface area contributed by atoms with Crippen LogP contribution < -0.4 is 4.74 Å². The average molecular weight is 432 g/mol. The first-order valence-corrected chi connectivity index (χ1v) is 9.17. The second kappa shape index (κ2) is 9.40. The molecule has 4 rings (SSSR count). The molecule has 0 aromatic heterocycles. The van der Waals surface area contributed by atoms with Crippen molar-refractivity contribution in [1.29, 1.82) is 0 Å². The van der Waals surface area contributed by atoms with Crippen LogP contribution in [-0.4, -0.2) is 39.7 Å². The number of carbonyl (C=O) groups is 4. The number of carboxylic acids is 3. The highest BCUT2D eigenvalue weighted by Gasteiger charge is 2.12. The van der Waals surface area contributed by atoms with Crippen molar-refractivity contribution in [3.05, 3.63) is 89.5 Å². The van der Waals surface area contributed by atoms with Crippen LogP contribution in [0.1, 0.15) is 31.1 Å². The van der Waals surface area contributed by atoms with Gasteiger partial charge in [-0.15, -0.1) is 0 Å². The average Bonchev–Trinajstić information content (AvgIpc) is 2.78. The van der Waals surface area contributed by atoms with Crippen LogP contribution in [0.2, 0.25) is 0 Å². The van der Waals surface area contributed by atoms with Gasteiger partial charge < -0.3 is 20.1 Å². The highest BCUT2D eigenvalue weighted by atomic mass is 16.5. The first-order valence-electron chi connectivity index (χ1n) is 9.17. The molecule has 0 heterocycles. The molecule has 0 saturated heterocycles. The molecule has 4 aromatic rings. The van der Waals surface area contributed by atoms with E-state index in [9.17, 15) is 19.2 Å². The van der Waals surface area contributed by atoms with Crippen LogP contribution in [0, 0.1) is 0 Å². The van der Waals surface area contributed by atoms with Crippen molar-refractivity contribution in [2.45, 2.75) is 0 Å². The van der Waals surface area contributed by atoms with Crippen LogP contribution in [0.3, 0.4) is 0 Å². The fourth-order valence-electron chi connectivity index (χ4n) is 3.17. The van der Waals surface area contributed by atoms with Crippen molar-refractivity contribution in [1.82, 2.24) is 0 Å². The van der Waals surface area contributed by atoms with E-state index in [4.69, 9.17) is 20.1 Å². The fourth-order valence-corrected chi connectivity index (χ4v) is 3.17. The maximum absolute atomic E-state index is 10.9. The number of ether oxygens (including phenoxy) is 1. The van der Waals surface area contributed by atoms with Crippen LogP contribution in [0.25, 0.3) is 21.5 Å². The highest BCUT2D eigenvalue weighted by Crippen LogP contribution is 2.23. The second-order valence-corrected chi connectivity index (χ2v) is 6.56. The van der Waals surface area contributed by atoms with E-state index in [-0.39, 0.29) is 16.7 Å². The van der Waals surface area contributed by atoms with E-state index in [1.54, 1.807) is 42.5 Å². The molecule has 0 aliphatic rings. The first-order chi connectivity index (χ1) is 15.3. The topological polar surface area (TPSA) is 138 Å². The molecule has 3 N–H and O–H groups in total. The number of carbonyl (C=O) groups excluding carboxylic acids is 1. The molecule has 32 heavy (non-hydrogen) atoms. The molecule has 0 saturated carbocycles. The molecule has 0 fully saturated rings. The Morgan fingerprint density at radius 1 is 0.656 bits per heavy atom. The monoisotopic (exact) mass is 432 g/mol. The van der Waals surface area contributed by atoms with Gasteiger partial charge >= 0.3 is 17.9 Å². The standard InChI is InChI=1S/2C12H8O4/c13-11(14)9-5-1-3-7-8(9)4-2-6-10(7)12(15)16;13-7-16-11-4-3-8-5-10(12(14)15)2-1-9(8)6-11/h1-6H,(H,13,14)(H,15,16);1-7H,(H,14,15). The summed E-state index contributed by atoms with van der Waals surface area (Å²) in [5.41, 5.74) is 0.456. The Bertz CT molecular complexity index is 1300. The van der Waals surface area contributed by atoms with E-state index in [1.165, 1.54) is 30.3 Å². The van der Waals surface area contributed by atoms with Crippen molar-refractivity contribution in [3.63, 3.8) is 0 Å². The van der Waals surface area contributed by atoms with E-state index in [2.05, 4.69) is 0 Å². The predicted octanol–water partition coefficient (Wildman–Crippen LogP) is 4.31. The third-order valence-electron chi connectivity index (χ3n) is 4.63. The number of benzene rings is 4. The maximum atomic E-state index is 10.9. The van der Waals surface area contributed by atoms with Gasteiger partial charge in [-0.05, 0) is 57.9 Å². The number of fused-ring (bicyclic) bond motifs is 2. The van der Waals surface area contributed by atoms with Gasteiger partial charge in [0.2, 0.25) is 0 Å². The van der Waals surface area contributed by atoms with Crippen LogP contribution >= 0.6 is 0 Å². The minimum absolute atomic E-state index is 0.112. The van der Waals surface area contributed by atoms with Crippen LogP contribution in [-0.2, 0) is 4.79 Å². The molecule has 0 aliphatic carbocycles. The SMILES string of the molecule is O=C(O)c1cccc2c(C(=O)O)cccc12.O=COc1ccc2cc(C(=O)O)ccc2c1. The summed E-state index contributed by atoms with van der Waals surface area (Å²) in [5.74, 6) is -2.65. The molecule has 0 atom stereocenters. The molecule has 0 spiro atoms. The van der Waals surface area contributed by atoms with E-state index in [1.807, 2.05) is 0 Å². The third-order valence-corrected chi connectivity index (χ3v) is 4.63. The lowest BCUT2D eigenvalue weighted by Crippen LogP contribution is -2.01. The normalized spacial score (nSPS) is 10.1. The number of hydrogen-bond acceptors (Lipinski definition) is 5. The van der Waals surface area contributed by atoms with Crippen molar-refractivity contribution < 1.29 is 39.2 Å². The molecule has 0 bridgehead atoms. The highest BCUT2D eigenvalue weighted by molar-refractivity contribution is 6.10. The Balaban J connectivity index is 0.000000181. The Morgan fingerprint density at radius 2 is 1.19 bits per heavy atom. The van der Waals surface area contributed by atoms with Crippen molar-refractivity contribution in [2.75, 3.05) is 0 Å². The van der Waals surface area contributed by atoms with Gasteiger partial charge in [0.1, 0.15) is 5.75 Å². The van der Waals surface area contributed by atoms with Gasteiger partial charge in [0.05, 0.1) is 16.7 Å². The molecular formula is C24H16O8. The van der Waals surface area contributed by atoms with Crippen molar-refractivity contribution in [2.24, 2.45) is 0 Å². The Kier molecular flexibility index (Phi) is 6.45. The molecule has 4 aromatic carbocycles. The summed E-state index contributed by atoms with van der Waals surface area (Å²) in [7, 11) is 0. The van der Waals surface area contributed by atoms with Gasteiger partial charge in [-0.1, -0.05) is 36.4 Å². The summed E-state index contributed by atoms with van der Waals surface area (Å²) in [6.45, 7) is 0.354. The van der Waals surface area contributed by atoms with Crippen LogP contribution in [0.5, 0.6) is 5.75 Å². The van der Waals surface area contributed by atoms with Crippen molar-refractivity contribution in [3.8, 4) is 5.75 Å². The molecule has 0 amide bonds. The van der Waals surface area contributed by atoms with E-state index in [0.717, 1.165) is 10.8 Å². The number of hydrogen-bond donors (Lipinski definition) is 3. The molecule has 8 nitrogen and oxygen atoms in total. The molecular weight excluding hydrogens is 416 g/mol. The number of aromatic carboxylic acids is 3. The summed E-state index contributed by atoms with van der Waals surface area (Å²) in [6, 6.07) is 19.0. The van der Waals surface area contributed by atoms with Gasteiger partial charge in [0.25, 0.3) is 6.47 Å². The van der Waals surface area contributed by atoms with E-state index < -0.39 is 17.9 Å². The maximum Gasteiger partial charge on any atom is 0.336 e. The molecule has 0 radical (unpaired) electrons. The predicted molar refractivity (Wildman–Crippen MR) is 115 cm³/mol. The third kappa shape index (κ3) is 4.71. The largest absolute Gasteiger partial charge is 0.478 e. The lowest BCUT2D eigenvalue weighted by molar-refractivity contribution is -0.120. The van der Waals surface area contributed by atoms with Gasteiger partial charge in [0.15, 0.2) is 0 Å². The smallest absolute Gasteiger partial charge is 0.336 e. The minimum atomic E-state index is -1.06. The van der Waals surface area contributed by atoms with Crippen LogP contribution in [0.4, 0.5) is 0 Å². The summed E-state index contributed by atoms with van der Waals surface area (Å²) in [4.78, 5) is 42.8. The summed E-state index contributed by atoms with van der Waals surface area (Å²) in [5, 5.41) is 29.2. The lowest BCUT2D eigenvalue weighted by Gasteiger charge is -2.04. The minimum Gasteiger partial charge on any atom is -0.478 e. The van der Waals surface area contributed by atoms with E-state index in [0.29, 0.717) is 23.0 Å². The second-order valence-electron chi connectivity index (χ2n) is 6.56. The Labute approximate surface area is 180 Å². The zero-order valence-corrected chi connectivity index (χ0v) is 16.4. The lowest BCUT2D eigenvalue weighted by atomic mass is 10.0. The Hall–Kier alpha value is -4.72. The quantitative estimate of drug-likeness (QED) is 0.397. The fraction of sp³-hybridized carbons (Fsp3) is 0. The number of rotatable bonds is 5. The van der Waals surface area contributed by atoms with Gasteiger partial charge in [-0.3, -0.25) is 4.79 Å². The molecule has 0 aliphatic heterocycles.